The molecule has 2 aromatic heterocycles. The number of aromatic nitrogens is 4. The summed E-state index contributed by atoms with van der Waals surface area (Å²) in [5.74, 6) is -0.807. The molecule has 0 aliphatic carbocycles. The van der Waals surface area contributed by atoms with Gasteiger partial charge in [0.05, 0.1) is 5.52 Å². The largest absolute Gasteiger partial charge is 0.459 e. The third kappa shape index (κ3) is 5.40. The first-order valence-corrected chi connectivity index (χ1v) is 9.57. The van der Waals surface area contributed by atoms with Crippen LogP contribution in [0.1, 0.15) is 38.2 Å². The number of hydrogen-bond donors (Lipinski definition) is 0. The molecule has 3 aromatic rings. The summed E-state index contributed by atoms with van der Waals surface area (Å²) in [5, 5.41) is 4.74. The molecule has 0 radical (unpaired) electrons. The second-order valence-electron chi connectivity index (χ2n) is 8.01. The Morgan fingerprint density at radius 1 is 1.09 bits per heavy atom. The average Bonchev–Trinajstić information content (AvgIpc) is 3.05. The van der Waals surface area contributed by atoms with Crippen LogP contribution in [-0.4, -0.2) is 49.9 Å². The smallest absolute Gasteiger partial charge is 0.429 e. The minimum absolute atomic E-state index is 0.161. The molecule has 0 saturated carbocycles. The lowest BCUT2D eigenvalue weighted by Gasteiger charge is -2.19. The molecule has 2 heterocycles. The normalized spacial score (nSPS) is 12.1. The quantitative estimate of drug-likeness (QED) is 0.397. The topological polar surface area (TPSA) is 96.2 Å². The summed E-state index contributed by atoms with van der Waals surface area (Å²) >= 11 is 0. The van der Waals surface area contributed by atoms with Crippen LogP contribution in [0.4, 0.5) is 13.2 Å². The number of nitrogens with zero attached hydrogens (tertiary/aromatic N) is 4. The van der Waals surface area contributed by atoms with Crippen molar-refractivity contribution >= 4 is 22.7 Å². The van der Waals surface area contributed by atoms with E-state index in [9.17, 15) is 22.8 Å². The zero-order chi connectivity index (χ0) is 23.7. The summed E-state index contributed by atoms with van der Waals surface area (Å²) in [6.45, 7) is 4.41. The van der Waals surface area contributed by atoms with E-state index in [1.165, 1.54) is 24.0 Å². The number of ether oxygens (including phenoxy) is 2. The molecule has 0 fully saturated rings. The highest BCUT2D eigenvalue weighted by atomic mass is 19.3. The van der Waals surface area contributed by atoms with Crippen LogP contribution in [0.25, 0.3) is 22.0 Å². The number of fused-ring (bicyclic) bond motifs is 1. The highest BCUT2D eigenvalue weighted by Crippen LogP contribution is 2.28. The van der Waals surface area contributed by atoms with Crippen LogP contribution in [0.3, 0.4) is 0 Å². The monoisotopic (exact) mass is 450 g/mol. The molecule has 0 aliphatic heterocycles. The minimum Gasteiger partial charge on any atom is -0.459 e. The number of Topliss-reactive ketones (excluding diaryl/α,β-unsaturated/α-hetero) is 1. The van der Waals surface area contributed by atoms with Gasteiger partial charge >= 0.3 is 18.1 Å². The van der Waals surface area contributed by atoms with Crippen molar-refractivity contribution in [2.75, 3.05) is 6.67 Å². The minimum atomic E-state index is -4.01. The van der Waals surface area contributed by atoms with Gasteiger partial charge in [-0.15, -0.1) is 0 Å². The molecule has 8 nitrogen and oxygen atoms in total. The molecule has 0 bridgehead atoms. The summed E-state index contributed by atoms with van der Waals surface area (Å²) in [5.41, 5.74) is 1.04. The summed E-state index contributed by atoms with van der Waals surface area (Å²) < 4.78 is 49.0. The Bertz CT molecular complexity index is 1150. The molecule has 0 atom stereocenters. The Morgan fingerprint density at radius 2 is 1.75 bits per heavy atom. The van der Waals surface area contributed by atoms with Gasteiger partial charge in [-0.05, 0) is 38.5 Å². The van der Waals surface area contributed by atoms with Gasteiger partial charge in [-0.2, -0.15) is 13.9 Å². The number of esters is 1. The summed E-state index contributed by atoms with van der Waals surface area (Å²) in [7, 11) is 0. The van der Waals surface area contributed by atoms with Crippen molar-refractivity contribution in [2.45, 2.75) is 45.9 Å². The van der Waals surface area contributed by atoms with Gasteiger partial charge in [0.15, 0.2) is 12.5 Å². The summed E-state index contributed by atoms with van der Waals surface area (Å²) in [6.07, 6.45) is -1.55. The standard InChI is InChI=1S/C21H21F3N4O4/c1-12(29)18-15-7-13(14-8-25-19(26-9-14)32-21(23,24)11-22)5-6-16(15)28(27-18)10-17(30)31-20(2,3)4/h5-9H,10-11H2,1-4H3. The SMILES string of the molecule is CC(=O)c1nn(CC(=O)OC(C)(C)C)c2ccc(-c3cnc(OC(F)(F)CF)nc3)cc12. The maximum atomic E-state index is 13.0. The Hall–Kier alpha value is -3.50. The molecular weight excluding hydrogens is 429 g/mol. The second kappa shape index (κ2) is 8.56. The highest BCUT2D eigenvalue weighted by Gasteiger charge is 2.32. The lowest BCUT2D eigenvalue weighted by Crippen LogP contribution is -2.27. The number of hydrogen-bond acceptors (Lipinski definition) is 7. The fourth-order valence-corrected chi connectivity index (χ4v) is 2.91. The first-order chi connectivity index (χ1) is 14.9. The van der Waals surface area contributed by atoms with Gasteiger partial charge in [0, 0.05) is 30.3 Å². The van der Waals surface area contributed by atoms with E-state index in [1.54, 1.807) is 39.0 Å². The predicted molar refractivity (Wildman–Crippen MR) is 108 cm³/mol. The molecule has 0 aliphatic rings. The van der Waals surface area contributed by atoms with E-state index in [2.05, 4.69) is 19.8 Å². The van der Waals surface area contributed by atoms with Crippen LogP contribution >= 0.6 is 0 Å². The fourth-order valence-electron chi connectivity index (χ4n) is 2.91. The molecule has 0 N–H and O–H groups in total. The molecule has 11 heteroatoms. The molecule has 170 valence electrons. The Balaban J connectivity index is 1.93. The second-order valence-corrected chi connectivity index (χ2v) is 8.01. The number of rotatable bonds is 7. The number of benzene rings is 1. The van der Waals surface area contributed by atoms with Crippen molar-refractivity contribution in [1.82, 2.24) is 19.7 Å². The Morgan fingerprint density at radius 3 is 2.31 bits per heavy atom. The molecule has 0 amide bonds. The lowest BCUT2D eigenvalue weighted by molar-refractivity contribution is -0.190. The summed E-state index contributed by atoms with van der Waals surface area (Å²) in [6, 6.07) is 4.32. The molecular formula is C21H21F3N4O4. The van der Waals surface area contributed by atoms with E-state index < -0.39 is 30.4 Å². The molecule has 0 unspecified atom stereocenters. The van der Waals surface area contributed by atoms with E-state index in [-0.39, 0.29) is 18.0 Å². The first kappa shape index (κ1) is 23.2. The molecule has 0 spiro atoms. The average molecular weight is 450 g/mol. The lowest BCUT2D eigenvalue weighted by atomic mass is 10.0. The third-order valence-corrected chi connectivity index (χ3v) is 4.14. The fraction of sp³-hybridized carbons (Fsp3) is 0.381. The van der Waals surface area contributed by atoms with Crippen molar-refractivity contribution in [3.63, 3.8) is 0 Å². The van der Waals surface area contributed by atoms with E-state index in [4.69, 9.17) is 4.74 Å². The van der Waals surface area contributed by atoms with Gasteiger partial charge in [-0.25, -0.2) is 14.4 Å². The number of ketones is 1. The predicted octanol–water partition coefficient (Wildman–Crippen LogP) is 3.98. The van der Waals surface area contributed by atoms with Crippen LogP contribution in [0.15, 0.2) is 30.6 Å². The van der Waals surface area contributed by atoms with Crippen molar-refractivity contribution in [2.24, 2.45) is 0 Å². The van der Waals surface area contributed by atoms with Gasteiger partial charge in [-0.1, -0.05) is 6.07 Å². The maximum Gasteiger partial charge on any atom is 0.429 e. The van der Waals surface area contributed by atoms with Gasteiger partial charge < -0.3 is 9.47 Å². The molecule has 0 saturated heterocycles. The van der Waals surface area contributed by atoms with Gasteiger partial charge in [0.1, 0.15) is 17.8 Å². The van der Waals surface area contributed by atoms with Gasteiger partial charge in [0.25, 0.3) is 0 Å². The van der Waals surface area contributed by atoms with Crippen LogP contribution in [0, 0.1) is 0 Å². The summed E-state index contributed by atoms with van der Waals surface area (Å²) in [4.78, 5) is 31.7. The Labute approximate surface area is 181 Å². The van der Waals surface area contributed by atoms with Crippen LogP contribution in [-0.2, 0) is 16.1 Å². The van der Waals surface area contributed by atoms with E-state index >= 15 is 0 Å². The number of carbonyl (C=O) groups excluding carboxylic acids is 2. The van der Waals surface area contributed by atoms with Crippen LogP contribution in [0.5, 0.6) is 6.01 Å². The van der Waals surface area contributed by atoms with Crippen molar-refractivity contribution in [3.05, 3.63) is 36.3 Å². The van der Waals surface area contributed by atoms with Gasteiger partial charge in [-0.3, -0.25) is 14.3 Å². The van der Waals surface area contributed by atoms with Crippen LogP contribution < -0.4 is 4.74 Å². The molecule has 32 heavy (non-hydrogen) atoms. The Kier molecular flexibility index (Phi) is 6.20. The number of alkyl halides is 3. The van der Waals surface area contributed by atoms with E-state index in [0.29, 0.717) is 22.0 Å². The third-order valence-electron chi connectivity index (χ3n) is 4.14. The van der Waals surface area contributed by atoms with E-state index in [1.807, 2.05) is 0 Å². The van der Waals surface area contributed by atoms with Crippen molar-refractivity contribution in [3.8, 4) is 17.1 Å². The van der Waals surface area contributed by atoms with Crippen molar-refractivity contribution in [1.29, 1.82) is 0 Å². The molecule has 3 rings (SSSR count). The number of carbonyl (C=O) groups is 2. The highest BCUT2D eigenvalue weighted by molar-refractivity contribution is 6.06. The van der Waals surface area contributed by atoms with Gasteiger partial charge in [0.2, 0.25) is 0 Å². The zero-order valence-corrected chi connectivity index (χ0v) is 17.9. The first-order valence-electron chi connectivity index (χ1n) is 9.57. The maximum absolute atomic E-state index is 13.0. The number of halogens is 3. The van der Waals surface area contributed by atoms with Crippen LogP contribution in [0.2, 0.25) is 0 Å². The van der Waals surface area contributed by atoms with E-state index in [0.717, 1.165) is 0 Å². The zero-order valence-electron chi connectivity index (χ0n) is 17.9. The molecule has 1 aromatic carbocycles. The van der Waals surface area contributed by atoms with Crippen molar-refractivity contribution < 1.29 is 32.2 Å².